The van der Waals surface area contributed by atoms with Gasteiger partial charge in [-0.05, 0) is 17.7 Å². The minimum absolute atomic E-state index is 0.868. The van der Waals surface area contributed by atoms with E-state index >= 15 is 0 Å². The van der Waals surface area contributed by atoms with Gasteiger partial charge in [0.25, 0.3) is 0 Å². The monoisotopic (exact) mass is 201 g/mol. The van der Waals surface area contributed by atoms with E-state index in [2.05, 4.69) is 16.9 Å². The quantitative estimate of drug-likeness (QED) is 0.734. The Labute approximate surface area is 90.0 Å². The summed E-state index contributed by atoms with van der Waals surface area (Å²) in [6.07, 6.45) is 4.69. The van der Waals surface area contributed by atoms with Gasteiger partial charge in [-0.25, -0.2) is 0 Å². The van der Waals surface area contributed by atoms with E-state index in [-0.39, 0.29) is 0 Å². The molecule has 0 saturated carbocycles. The molecule has 1 aromatic rings. The molecule has 3 N–H and O–H groups in total. The summed E-state index contributed by atoms with van der Waals surface area (Å²) in [4.78, 5) is 3.95. The van der Waals surface area contributed by atoms with E-state index < -0.39 is 0 Å². The standard InChI is InChI=1S/C12H15N3/c1-3-15-9-11(8-13)10-5-4-6-12(7-10)14-2/h3-9,14H,1,13H2,2H3/b11-8+,15-9?. The Kier molecular flexibility index (Phi) is 4.16. The maximum Gasteiger partial charge on any atom is 0.0360 e. The van der Waals surface area contributed by atoms with Gasteiger partial charge in [-0.2, -0.15) is 0 Å². The average molecular weight is 201 g/mol. The molecule has 0 aliphatic heterocycles. The van der Waals surface area contributed by atoms with E-state index in [1.807, 2.05) is 31.3 Å². The fraction of sp³-hybridized carbons (Fsp3) is 0.0833. The number of benzene rings is 1. The predicted octanol–water partition coefficient (Wildman–Crippen LogP) is 2.24. The van der Waals surface area contributed by atoms with Gasteiger partial charge in [0.2, 0.25) is 0 Å². The molecule has 0 radical (unpaired) electrons. The molecule has 0 amide bonds. The first-order valence-corrected chi connectivity index (χ1v) is 4.66. The van der Waals surface area contributed by atoms with Crippen LogP contribution in [0.2, 0.25) is 0 Å². The number of anilines is 1. The second-order valence-corrected chi connectivity index (χ2v) is 2.91. The fourth-order valence-corrected chi connectivity index (χ4v) is 1.20. The molecule has 15 heavy (non-hydrogen) atoms. The van der Waals surface area contributed by atoms with Gasteiger partial charge in [-0.3, -0.25) is 4.99 Å². The van der Waals surface area contributed by atoms with Crippen molar-refractivity contribution in [2.75, 3.05) is 12.4 Å². The Morgan fingerprint density at radius 1 is 1.53 bits per heavy atom. The second-order valence-electron chi connectivity index (χ2n) is 2.91. The number of nitrogens with two attached hydrogens (primary N) is 1. The number of nitrogens with one attached hydrogen (secondary N) is 1. The van der Waals surface area contributed by atoms with E-state index in [1.165, 1.54) is 12.4 Å². The van der Waals surface area contributed by atoms with Crippen molar-refractivity contribution in [3.8, 4) is 0 Å². The van der Waals surface area contributed by atoms with Gasteiger partial charge in [0.1, 0.15) is 0 Å². The van der Waals surface area contributed by atoms with Crippen LogP contribution in [0.5, 0.6) is 0 Å². The van der Waals surface area contributed by atoms with Crippen molar-refractivity contribution in [2.45, 2.75) is 0 Å². The molecule has 3 nitrogen and oxygen atoms in total. The minimum atomic E-state index is 0.868. The molecule has 0 aliphatic rings. The van der Waals surface area contributed by atoms with Crippen LogP contribution in [0, 0.1) is 0 Å². The highest BCUT2D eigenvalue weighted by molar-refractivity contribution is 6.10. The van der Waals surface area contributed by atoms with Crippen molar-refractivity contribution in [3.05, 3.63) is 48.8 Å². The molecular formula is C12H15N3. The first-order valence-electron chi connectivity index (χ1n) is 4.66. The van der Waals surface area contributed by atoms with E-state index in [0.717, 1.165) is 16.8 Å². The molecular weight excluding hydrogens is 186 g/mol. The maximum atomic E-state index is 5.53. The van der Waals surface area contributed by atoms with E-state index in [0.29, 0.717) is 0 Å². The number of aliphatic imine (C=N–C) groups is 1. The van der Waals surface area contributed by atoms with Crippen LogP contribution < -0.4 is 11.1 Å². The zero-order chi connectivity index (χ0) is 11.1. The molecule has 0 heterocycles. The summed E-state index contributed by atoms with van der Waals surface area (Å²) in [5.74, 6) is 0. The van der Waals surface area contributed by atoms with Gasteiger partial charge < -0.3 is 11.1 Å². The third-order valence-electron chi connectivity index (χ3n) is 1.98. The van der Waals surface area contributed by atoms with Gasteiger partial charge in [0.05, 0.1) is 0 Å². The normalized spacial score (nSPS) is 11.7. The lowest BCUT2D eigenvalue weighted by Gasteiger charge is -2.04. The van der Waals surface area contributed by atoms with Crippen LogP contribution in [0.3, 0.4) is 0 Å². The van der Waals surface area contributed by atoms with E-state index in [1.54, 1.807) is 6.21 Å². The first kappa shape index (κ1) is 11.0. The zero-order valence-corrected chi connectivity index (χ0v) is 8.77. The lowest BCUT2D eigenvalue weighted by molar-refractivity contribution is 1.49. The van der Waals surface area contributed by atoms with Crippen molar-refractivity contribution >= 4 is 17.5 Å². The molecule has 0 bridgehead atoms. The third kappa shape index (κ3) is 2.98. The Morgan fingerprint density at radius 2 is 2.33 bits per heavy atom. The van der Waals surface area contributed by atoms with Crippen LogP contribution in [0.15, 0.2) is 48.2 Å². The Morgan fingerprint density at radius 3 is 2.93 bits per heavy atom. The van der Waals surface area contributed by atoms with E-state index in [4.69, 9.17) is 5.73 Å². The highest BCUT2D eigenvalue weighted by Crippen LogP contribution is 2.16. The summed E-state index contributed by atoms with van der Waals surface area (Å²) >= 11 is 0. The van der Waals surface area contributed by atoms with Crippen LogP contribution in [-0.2, 0) is 0 Å². The summed E-state index contributed by atoms with van der Waals surface area (Å²) in [6.45, 7) is 3.52. The average Bonchev–Trinajstić information content (AvgIpc) is 2.30. The number of hydrogen-bond donors (Lipinski definition) is 2. The fourth-order valence-electron chi connectivity index (χ4n) is 1.20. The van der Waals surface area contributed by atoms with Crippen molar-refractivity contribution in [1.82, 2.24) is 0 Å². The SMILES string of the molecule is C=CN=C/C(=C\N)c1cccc(NC)c1. The van der Waals surface area contributed by atoms with Gasteiger partial charge in [-0.1, -0.05) is 18.7 Å². The molecule has 0 spiro atoms. The topological polar surface area (TPSA) is 50.4 Å². The lowest BCUT2D eigenvalue weighted by atomic mass is 10.1. The Hall–Kier alpha value is -2.03. The number of allylic oxidation sites excluding steroid dienone is 1. The molecule has 0 unspecified atom stereocenters. The van der Waals surface area contributed by atoms with Crippen molar-refractivity contribution in [3.63, 3.8) is 0 Å². The molecule has 3 heteroatoms. The Balaban J connectivity index is 3.02. The highest BCUT2D eigenvalue weighted by Gasteiger charge is 1.98. The van der Waals surface area contributed by atoms with Crippen LogP contribution in [-0.4, -0.2) is 13.3 Å². The van der Waals surface area contributed by atoms with Crippen LogP contribution in [0.25, 0.3) is 5.57 Å². The van der Waals surface area contributed by atoms with Crippen molar-refractivity contribution in [1.29, 1.82) is 0 Å². The van der Waals surface area contributed by atoms with Crippen molar-refractivity contribution in [2.24, 2.45) is 10.7 Å². The molecule has 0 atom stereocenters. The molecule has 0 aromatic heterocycles. The Bertz CT molecular complexity index is 392. The largest absolute Gasteiger partial charge is 0.404 e. The zero-order valence-electron chi connectivity index (χ0n) is 8.77. The summed E-state index contributed by atoms with van der Waals surface area (Å²) in [6, 6.07) is 7.94. The predicted molar refractivity (Wildman–Crippen MR) is 66.8 cm³/mol. The number of hydrogen-bond acceptors (Lipinski definition) is 3. The third-order valence-corrected chi connectivity index (χ3v) is 1.98. The molecule has 78 valence electrons. The van der Waals surface area contributed by atoms with Gasteiger partial charge in [0.15, 0.2) is 0 Å². The van der Waals surface area contributed by atoms with Crippen LogP contribution in [0.1, 0.15) is 5.56 Å². The second kappa shape index (κ2) is 5.65. The van der Waals surface area contributed by atoms with Crippen LogP contribution >= 0.6 is 0 Å². The summed E-state index contributed by atoms with van der Waals surface area (Å²) in [7, 11) is 1.88. The molecule has 0 aliphatic carbocycles. The van der Waals surface area contributed by atoms with Gasteiger partial charge in [-0.15, -0.1) is 0 Å². The summed E-state index contributed by atoms with van der Waals surface area (Å²) in [5, 5.41) is 3.07. The summed E-state index contributed by atoms with van der Waals surface area (Å²) < 4.78 is 0. The molecule has 0 saturated heterocycles. The van der Waals surface area contributed by atoms with E-state index in [9.17, 15) is 0 Å². The first-order chi connectivity index (χ1) is 7.31. The van der Waals surface area contributed by atoms with Crippen LogP contribution in [0.4, 0.5) is 5.69 Å². The summed E-state index contributed by atoms with van der Waals surface area (Å²) in [5.41, 5.74) is 8.46. The highest BCUT2D eigenvalue weighted by atomic mass is 14.8. The van der Waals surface area contributed by atoms with Gasteiger partial charge in [0, 0.05) is 36.9 Å². The maximum absolute atomic E-state index is 5.53. The van der Waals surface area contributed by atoms with Crippen molar-refractivity contribution < 1.29 is 0 Å². The minimum Gasteiger partial charge on any atom is -0.404 e. The smallest absolute Gasteiger partial charge is 0.0360 e. The number of rotatable bonds is 4. The lowest BCUT2D eigenvalue weighted by Crippen LogP contribution is -1.93. The molecule has 1 aromatic carbocycles. The molecule has 0 fully saturated rings. The number of nitrogens with zero attached hydrogens (tertiary/aromatic N) is 1. The molecule has 1 rings (SSSR count). The van der Waals surface area contributed by atoms with Gasteiger partial charge >= 0.3 is 0 Å².